The second-order valence-corrected chi connectivity index (χ2v) is 11.3. The first-order chi connectivity index (χ1) is 21.4. The number of hydrogen-bond donors (Lipinski definition) is 3. The molecule has 16 nitrogen and oxygen atoms in total. The maximum absolute atomic E-state index is 13.4. The topological polar surface area (TPSA) is 211 Å². The van der Waals surface area contributed by atoms with Crippen LogP contribution in [0.2, 0.25) is 0 Å². The van der Waals surface area contributed by atoms with Crippen molar-refractivity contribution in [3.05, 3.63) is 35.9 Å². The van der Waals surface area contributed by atoms with Crippen LogP contribution in [0, 0.1) is 0 Å². The lowest BCUT2D eigenvalue weighted by Crippen LogP contribution is -2.69. The lowest BCUT2D eigenvalue weighted by molar-refractivity contribution is -0.228. The summed E-state index contributed by atoms with van der Waals surface area (Å²) in [5, 5.41) is 7.35. The minimum Gasteiger partial charge on any atom is -0.463 e. The number of alkyl carbamates (subject to hydrolysis) is 1. The van der Waals surface area contributed by atoms with Crippen LogP contribution in [0.3, 0.4) is 0 Å². The number of amides is 3. The van der Waals surface area contributed by atoms with E-state index >= 15 is 0 Å². The Balaban J connectivity index is 2.36. The van der Waals surface area contributed by atoms with Crippen LogP contribution in [0.1, 0.15) is 60.5 Å². The van der Waals surface area contributed by atoms with E-state index in [1.807, 2.05) is 0 Å². The van der Waals surface area contributed by atoms with Gasteiger partial charge in [0.1, 0.15) is 37.0 Å². The molecule has 0 bridgehead atoms. The van der Waals surface area contributed by atoms with Gasteiger partial charge in [0.15, 0.2) is 18.4 Å². The zero-order valence-corrected chi connectivity index (χ0v) is 26.8. The van der Waals surface area contributed by atoms with Crippen LogP contribution in [0.25, 0.3) is 0 Å². The molecular weight excluding hydrogens is 610 g/mol. The molecule has 0 aliphatic carbocycles. The molecule has 0 radical (unpaired) electrons. The lowest BCUT2D eigenvalue weighted by Gasteiger charge is -2.45. The van der Waals surface area contributed by atoms with E-state index in [1.54, 1.807) is 51.1 Å². The molecule has 46 heavy (non-hydrogen) atoms. The molecule has 1 aromatic rings. The van der Waals surface area contributed by atoms with Gasteiger partial charge in [-0.1, -0.05) is 30.3 Å². The number of esters is 4. The van der Waals surface area contributed by atoms with Gasteiger partial charge >= 0.3 is 30.0 Å². The second-order valence-electron chi connectivity index (χ2n) is 11.3. The van der Waals surface area contributed by atoms with Gasteiger partial charge in [0, 0.05) is 27.7 Å². The van der Waals surface area contributed by atoms with Gasteiger partial charge in [-0.15, -0.1) is 0 Å². The van der Waals surface area contributed by atoms with Crippen molar-refractivity contribution in [3.63, 3.8) is 0 Å². The molecule has 254 valence electrons. The van der Waals surface area contributed by atoms with Gasteiger partial charge in [-0.3, -0.25) is 24.0 Å². The Morgan fingerprint density at radius 3 is 1.98 bits per heavy atom. The maximum Gasteiger partial charge on any atom is 0.408 e. The lowest BCUT2D eigenvalue weighted by atomic mass is 9.95. The quantitative estimate of drug-likeness (QED) is 0.211. The Morgan fingerprint density at radius 2 is 1.43 bits per heavy atom. The van der Waals surface area contributed by atoms with Crippen molar-refractivity contribution in [2.75, 3.05) is 6.61 Å². The van der Waals surface area contributed by atoms with Crippen LogP contribution < -0.4 is 16.0 Å². The summed E-state index contributed by atoms with van der Waals surface area (Å²) in [5.41, 5.74) is -0.268. The molecule has 1 saturated heterocycles. The van der Waals surface area contributed by atoms with Gasteiger partial charge < -0.3 is 44.4 Å². The van der Waals surface area contributed by atoms with E-state index in [0.717, 1.165) is 27.7 Å². The van der Waals surface area contributed by atoms with Crippen molar-refractivity contribution >= 4 is 41.8 Å². The van der Waals surface area contributed by atoms with E-state index in [-0.39, 0.29) is 6.61 Å². The van der Waals surface area contributed by atoms with E-state index < -0.39 is 97.0 Å². The van der Waals surface area contributed by atoms with Crippen LogP contribution in [0.4, 0.5) is 4.79 Å². The van der Waals surface area contributed by atoms with Gasteiger partial charge in [-0.25, -0.2) is 9.59 Å². The Bertz CT molecular complexity index is 1260. The number of ether oxygens (including phenoxy) is 6. The molecule has 0 saturated carbocycles. The van der Waals surface area contributed by atoms with E-state index in [2.05, 4.69) is 16.0 Å². The van der Waals surface area contributed by atoms with Crippen LogP contribution >= 0.6 is 0 Å². The van der Waals surface area contributed by atoms with Crippen LogP contribution in [0.5, 0.6) is 0 Å². The van der Waals surface area contributed by atoms with Crippen LogP contribution in [-0.4, -0.2) is 90.6 Å². The zero-order valence-electron chi connectivity index (χ0n) is 26.8. The Kier molecular flexibility index (Phi) is 13.9. The van der Waals surface area contributed by atoms with E-state index in [0.29, 0.717) is 5.56 Å². The highest BCUT2D eigenvalue weighted by Gasteiger charge is 2.51. The van der Waals surface area contributed by atoms with E-state index in [4.69, 9.17) is 28.4 Å². The van der Waals surface area contributed by atoms with Gasteiger partial charge in [0.25, 0.3) is 0 Å². The minimum absolute atomic E-state index is 0.149. The van der Waals surface area contributed by atoms with Gasteiger partial charge in [-0.2, -0.15) is 0 Å². The number of nitrogens with one attached hydrogen (secondary N) is 3. The second kappa shape index (κ2) is 17.1. The molecule has 1 aliphatic heterocycles. The highest BCUT2D eigenvalue weighted by atomic mass is 16.6. The molecule has 3 amide bonds. The first-order valence-electron chi connectivity index (χ1n) is 14.3. The highest BCUT2D eigenvalue weighted by Crippen LogP contribution is 2.26. The van der Waals surface area contributed by atoms with Crippen molar-refractivity contribution < 1.29 is 62.0 Å². The fourth-order valence-electron chi connectivity index (χ4n) is 4.33. The highest BCUT2D eigenvalue weighted by molar-refractivity contribution is 5.88. The number of benzene rings is 1. The predicted molar refractivity (Wildman–Crippen MR) is 156 cm³/mol. The summed E-state index contributed by atoms with van der Waals surface area (Å²) in [7, 11) is 0. The van der Waals surface area contributed by atoms with Gasteiger partial charge in [-0.05, 0) is 26.3 Å². The molecule has 1 unspecified atom stereocenters. The first-order valence-corrected chi connectivity index (χ1v) is 14.3. The maximum atomic E-state index is 13.4. The number of carbonyl (C=O) groups is 7. The predicted octanol–water partition coefficient (Wildman–Crippen LogP) is 0.786. The monoisotopic (exact) mass is 651 g/mol. The van der Waals surface area contributed by atoms with Gasteiger partial charge in [0.2, 0.25) is 11.8 Å². The smallest absolute Gasteiger partial charge is 0.408 e. The number of carbonyl (C=O) groups excluding carboxylic acids is 7. The van der Waals surface area contributed by atoms with Crippen LogP contribution in [0.15, 0.2) is 30.3 Å². The largest absolute Gasteiger partial charge is 0.463 e. The summed E-state index contributed by atoms with van der Waals surface area (Å²) in [6, 6.07) is 5.84. The fourth-order valence-corrected chi connectivity index (χ4v) is 4.33. The van der Waals surface area contributed by atoms with Crippen molar-refractivity contribution in [1.82, 2.24) is 16.0 Å². The van der Waals surface area contributed by atoms with E-state index in [9.17, 15) is 33.6 Å². The molecular formula is C30H41N3O13. The third-order valence-electron chi connectivity index (χ3n) is 6.01. The summed E-state index contributed by atoms with van der Waals surface area (Å²) in [6.45, 7) is 8.64. The Labute approximate surface area is 266 Å². The van der Waals surface area contributed by atoms with Crippen molar-refractivity contribution in [2.45, 2.75) is 104 Å². The average Bonchev–Trinajstić information content (AvgIpc) is 2.92. The molecule has 0 aromatic heterocycles. The Morgan fingerprint density at radius 1 is 0.826 bits per heavy atom. The normalized spacial score (nSPS) is 21.4. The van der Waals surface area contributed by atoms with Crippen LogP contribution in [-0.2, 0) is 63.8 Å². The summed E-state index contributed by atoms with van der Waals surface area (Å²) in [5.74, 6) is -4.78. The van der Waals surface area contributed by atoms with Crippen molar-refractivity contribution in [1.29, 1.82) is 0 Å². The fraction of sp³-hybridized carbons (Fsp3) is 0.567. The summed E-state index contributed by atoms with van der Waals surface area (Å²) in [6.07, 6.45) is -7.22. The van der Waals surface area contributed by atoms with E-state index in [1.165, 1.54) is 0 Å². The SMILES string of the molecule is CC(=O)N[C@@H]1[C@@H](OC(C)=O)[C@H](OC(C)=O)[C@@H](COC(C)=O)O[C@H]1NC(=O)CC(NC(=O)OC(C)(C)C)C(=O)OCc1ccccc1. The number of rotatable bonds is 12. The molecule has 1 aromatic carbocycles. The molecule has 1 heterocycles. The molecule has 6 atom stereocenters. The third kappa shape index (κ3) is 13.1. The van der Waals surface area contributed by atoms with Crippen molar-refractivity contribution in [2.24, 2.45) is 0 Å². The molecule has 3 N–H and O–H groups in total. The average molecular weight is 652 g/mol. The number of hydrogen-bond acceptors (Lipinski definition) is 13. The molecule has 1 aliphatic rings. The minimum atomic E-state index is -1.53. The Hall–Kier alpha value is -4.73. The molecule has 2 rings (SSSR count). The standard InChI is InChI=1S/C30H41N3O13/c1-16(34)31-24-26(44-19(4)37)25(43-18(3)36)22(15-41-17(2)35)45-27(24)33-23(38)13-21(32-29(40)46-30(5,6)7)28(39)42-14-20-11-9-8-10-12-20/h8-12,21-22,24-27H,13-15H2,1-7H3,(H,31,34)(H,32,40)(H,33,38)/t21?,22-,24-,25-,26-,27-/m1/s1. The van der Waals surface area contributed by atoms with Gasteiger partial charge in [0.05, 0.1) is 6.42 Å². The zero-order chi connectivity index (χ0) is 34.6. The van der Waals surface area contributed by atoms with Crippen molar-refractivity contribution in [3.8, 4) is 0 Å². The summed E-state index contributed by atoms with van der Waals surface area (Å²) < 4.78 is 32.3. The molecule has 1 fully saturated rings. The first kappa shape index (κ1) is 37.5. The summed E-state index contributed by atoms with van der Waals surface area (Å²) in [4.78, 5) is 86.7. The molecule has 16 heteroatoms. The third-order valence-corrected chi connectivity index (χ3v) is 6.01. The summed E-state index contributed by atoms with van der Waals surface area (Å²) >= 11 is 0. The molecule has 0 spiro atoms.